The van der Waals surface area contributed by atoms with Crippen LogP contribution < -0.4 is 0 Å². The Bertz CT molecular complexity index is 613. The summed E-state index contributed by atoms with van der Waals surface area (Å²) in [6.07, 6.45) is 4.36. The van der Waals surface area contributed by atoms with Crippen molar-refractivity contribution in [1.82, 2.24) is 19.7 Å². The third kappa shape index (κ3) is 3.38. The number of aromatic nitrogens is 3. The molecule has 1 fully saturated rings. The van der Waals surface area contributed by atoms with Crippen LogP contribution in [0.5, 0.6) is 0 Å². The van der Waals surface area contributed by atoms with E-state index in [1.54, 1.807) is 18.0 Å². The summed E-state index contributed by atoms with van der Waals surface area (Å²) in [4.78, 5) is 2.56. The Morgan fingerprint density at radius 2 is 2.09 bits per heavy atom. The SMILES string of the molecule is Cc1occc1-c1nnc(SCCN2CCC(C)CC2)n1C. The van der Waals surface area contributed by atoms with Gasteiger partial charge >= 0.3 is 0 Å². The Hall–Kier alpha value is -1.27. The summed E-state index contributed by atoms with van der Waals surface area (Å²) >= 11 is 1.78. The van der Waals surface area contributed by atoms with Crippen molar-refractivity contribution in [3.8, 4) is 11.4 Å². The number of furan rings is 1. The molecular weight excluding hydrogens is 296 g/mol. The molecule has 1 aliphatic heterocycles. The van der Waals surface area contributed by atoms with E-state index in [1.807, 2.05) is 20.0 Å². The van der Waals surface area contributed by atoms with Crippen LogP contribution in [0.25, 0.3) is 11.4 Å². The first-order chi connectivity index (χ1) is 10.6. The highest BCUT2D eigenvalue weighted by atomic mass is 32.2. The summed E-state index contributed by atoms with van der Waals surface area (Å²) in [5.41, 5.74) is 1.02. The molecule has 3 rings (SSSR count). The van der Waals surface area contributed by atoms with Crippen LogP contribution in [0.15, 0.2) is 21.9 Å². The molecule has 0 N–H and O–H groups in total. The molecule has 2 aromatic rings. The zero-order chi connectivity index (χ0) is 15.5. The summed E-state index contributed by atoms with van der Waals surface area (Å²) in [5, 5.41) is 9.61. The minimum atomic E-state index is 0.876. The van der Waals surface area contributed by atoms with Gasteiger partial charge < -0.3 is 13.9 Å². The third-order valence-corrected chi connectivity index (χ3v) is 5.45. The van der Waals surface area contributed by atoms with E-state index in [9.17, 15) is 0 Å². The number of likely N-dealkylation sites (tertiary alicyclic amines) is 1. The molecule has 0 amide bonds. The lowest BCUT2D eigenvalue weighted by Crippen LogP contribution is -2.34. The Morgan fingerprint density at radius 1 is 1.32 bits per heavy atom. The van der Waals surface area contributed by atoms with Gasteiger partial charge in [0, 0.05) is 19.3 Å². The maximum Gasteiger partial charge on any atom is 0.191 e. The molecule has 0 aromatic carbocycles. The van der Waals surface area contributed by atoms with E-state index in [-0.39, 0.29) is 0 Å². The summed E-state index contributed by atoms with van der Waals surface area (Å²) in [6, 6.07) is 1.95. The summed E-state index contributed by atoms with van der Waals surface area (Å²) in [5.74, 6) is 3.71. The van der Waals surface area contributed by atoms with E-state index in [0.29, 0.717) is 0 Å². The van der Waals surface area contributed by atoms with Crippen LogP contribution in [-0.4, -0.2) is 45.1 Å². The molecule has 0 spiro atoms. The van der Waals surface area contributed by atoms with E-state index in [0.717, 1.165) is 40.5 Å². The van der Waals surface area contributed by atoms with Crippen LogP contribution >= 0.6 is 11.8 Å². The molecule has 0 radical (unpaired) electrons. The molecule has 0 aliphatic carbocycles. The molecule has 1 saturated heterocycles. The number of thioether (sulfide) groups is 1. The van der Waals surface area contributed by atoms with Gasteiger partial charge in [0.15, 0.2) is 11.0 Å². The Morgan fingerprint density at radius 3 is 2.77 bits per heavy atom. The van der Waals surface area contributed by atoms with Gasteiger partial charge in [-0.15, -0.1) is 10.2 Å². The van der Waals surface area contributed by atoms with Crippen molar-refractivity contribution in [2.45, 2.75) is 31.8 Å². The van der Waals surface area contributed by atoms with Crippen molar-refractivity contribution >= 4 is 11.8 Å². The van der Waals surface area contributed by atoms with Crippen LogP contribution in [0, 0.1) is 12.8 Å². The first-order valence-electron chi connectivity index (χ1n) is 7.94. The second-order valence-electron chi connectivity index (χ2n) is 6.13. The largest absolute Gasteiger partial charge is 0.469 e. The first-order valence-corrected chi connectivity index (χ1v) is 8.92. The van der Waals surface area contributed by atoms with Crippen LogP contribution in [0.2, 0.25) is 0 Å². The van der Waals surface area contributed by atoms with Gasteiger partial charge in [0.1, 0.15) is 5.76 Å². The monoisotopic (exact) mass is 320 g/mol. The smallest absolute Gasteiger partial charge is 0.191 e. The average molecular weight is 320 g/mol. The van der Waals surface area contributed by atoms with Crippen molar-refractivity contribution in [3.63, 3.8) is 0 Å². The van der Waals surface area contributed by atoms with E-state index in [1.165, 1.54) is 25.9 Å². The predicted molar refractivity (Wildman–Crippen MR) is 89.0 cm³/mol. The first kappa shape index (κ1) is 15.6. The van der Waals surface area contributed by atoms with E-state index < -0.39 is 0 Å². The predicted octanol–water partition coefficient (Wildman–Crippen LogP) is 3.21. The van der Waals surface area contributed by atoms with Gasteiger partial charge in [-0.1, -0.05) is 18.7 Å². The summed E-state index contributed by atoms with van der Waals surface area (Å²) < 4.78 is 7.41. The highest BCUT2D eigenvalue weighted by molar-refractivity contribution is 7.99. The molecule has 2 aromatic heterocycles. The van der Waals surface area contributed by atoms with Crippen LogP contribution in [0.3, 0.4) is 0 Å². The highest BCUT2D eigenvalue weighted by Gasteiger charge is 2.17. The average Bonchev–Trinajstić information content (AvgIpc) is 3.08. The number of hydrogen-bond donors (Lipinski definition) is 0. The van der Waals surface area contributed by atoms with Gasteiger partial charge in [-0.25, -0.2) is 0 Å². The van der Waals surface area contributed by atoms with Crippen molar-refractivity contribution in [2.24, 2.45) is 13.0 Å². The van der Waals surface area contributed by atoms with Crippen molar-refractivity contribution < 1.29 is 4.42 Å². The Kier molecular flexibility index (Phi) is 4.88. The van der Waals surface area contributed by atoms with Gasteiger partial charge in [-0.05, 0) is 44.8 Å². The molecule has 5 nitrogen and oxygen atoms in total. The fourth-order valence-electron chi connectivity index (χ4n) is 2.84. The number of nitrogens with zero attached hydrogens (tertiary/aromatic N) is 4. The molecule has 6 heteroatoms. The van der Waals surface area contributed by atoms with Gasteiger partial charge in [-0.3, -0.25) is 0 Å². The van der Waals surface area contributed by atoms with Gasteiger partial charge in [0.25, 0.3) is 0 Å². The fourth-order valence-corrected chi connectivity index (χ4v) is 3.75. The number of rotatable bonds is 5. The fraction of sp³-hybridized carbons (Fsp3) is 0.625. The summed E-state index contributed by atoms with van der Waals surface area (Å²) in [7, 11) is 2.02. The lowest BCUT2D eigenvalue weighted by Gasteiger charge is -2.29. The van der Waals surface area contributed by atoms with Crippen LogP contribution in [0.4, 0.5) is 0 Å². The van der Waals surface area contributed by atoms with Crippen molar-refractivity contribution in [3.05, 3.63) is 18.1 Å². The quantitative estimate of drug-likeness (QED) is 0.792. The number of hydrogen-bond acceptors (Lipinski definition) is 5. The normalized spacial score (nSPS) is 17.2. The second kappa shape index (κ2) is 6.87. The topological polar surface area (TPSA) is 47.1 Å². The van der Waals surface area contributed by atoms with Gasteiger partial charge in [0.05, 0.1) is 11.8 Å². The molecule has 1 aliphatic rings. The zero-order valence-corrected chi connectivity index (χ0v) is 14.4. The Balaban J connectivity index is 1.55. The molecule has 120 valence electrons. The van der Waals surface area contributed by atoms with Crippen molar-refractivity contribution in [2.75, 3.05) is 25.4 Å². The van der Waals surface area contributed by atoms with E-state index in [4.69, 9.17) is 4.42 Å². The number of piperidine rings is 1. The minimum absolute atomic E-state index is 0.876. The van der Waals surface area contributed by atoms with E-state index in [2.05, 4.69) is 26.6 Å². The molecule has 0 bridgehead atoms. The maximum atomic E-state index is 5.36. The second-order valence-corrected chi connectivity index (χ2v) is 7.19. The Labute approximate surface area is 136 Å². The molecule has 0 atom stereocenters. The van der Waals surface area contributed by atoms with Gasteiger partial charge in [-0.2, -0.15) is 0 Å². The van der Waals surface area contributed by atoms with Crippen LogP contribution in [-0.2, 0) is 7.05 Å². The van der Waals surface area contributed by atoms with Crippen molar-refractivity contribution in [1.29, 1.82) is 0 Å². The molecular formula is C16H24N4OS. The highest BCUT2D eigenvalue weighted by Crippen LogP contribution is 2.26. The zero-order valence-electron chi connectivity index (χ0n) is 13.6. The number of aryl methyl sites for hydroxylation is 1. The lowest BCUT2D eigenvalue weighted by molar-refractivity contribution is 0.203. The molecule has 0 saturated carbocycles. The lowest BCUT2D eigenvalue weighted by atomic mass is 9.99. The standard InChI is InChI=1S/C16H24N4OS/c1-12-4-7-20(8-5-12)9-11-22-16-18-17-15(19(16)3)14-6-10-21-13(14)2/h6,10,12H,4-5,7-9,11H2,1-3H3. The van der Waals surface area contributed by atoms with Gasteiger partial charge in [0.2, 0.25) is 0 Å². The van der Waals surface area contributed by atoms with E-state index >= 15 is 0 Å². The molecule has 0 unspecified atom stereocenters. The third-order valence-electron chi connectivity index (χ3n) is 4.45. The minimum Gasteiger partial charge on any atom is -0.469 e. The molecule has 22 heavy (non-hydrogen) atoms. The van der Waals surface area contributed by atoms with Crippen LogP contribution in [0.1, 0.15) is 25.5 Å². The summed E-state index contributed by atoms with van der Waals surface area (Å²) in [6.45, 7) is 7.91. The maximum absolute atomic E-state index is 5.36. The molecule has 3 heterocycles.